The Labute approximate surface area is 174 Å². The molecule has 0 saturated heterocycles. The zero-order valence-corrected chi connectivity index (χ0v) is 16.7. The number of nitrogens with one attached hydrogen (secondary N) is 1. The molecule has 0 aliphatic carbocycles. The van der Waals surface area contributed by atoms with Gasteiger partial charge in [0, 0.05) is 12.6 Å². The predicted molar refractivity (Wildman–Crippen MR) is 112 cm³/mol. The summed E-state index contributed by atoms with van der Waals surface area (Å²) in [7, 11) is -3.63. The van der Waals surface area contributed by atoms with Gasteiger partial charge in [-0.15, -0.1) is 10.2 Å². The lowest BCUT2D eigenvalue weighted by molar-refractivity contribution is 0.307. The summed E-state index contributed by atoms with van der Waals surface area (Å²) in [5, 5.41) is 7.98. The summed E-state index contributed by atoms with van der Waals surface area (Å²) in [6.45, 7) is 0.223. The average molecular weight is 421 g/mol. The van der Waals surface area contributed by atoms with Gasteiger partial charge in [-0.1, -0.05) is 42.5 Å². The smallest absolute Gasteiger partial charge is 0.240 e. The molecule has 0 atom stereocenters. The van der Waals surface area contributed by atoms with Crippen molar-refractivity contribution >= 4 is 10.0 Å². The molecule has 4 rings (SSSR count). The number of hydrogen-bond acceptors (Lipinski definition) is 6. The molecule has 1 N–H and O–H groups in total. The highest BCUT2D eigenvalue weighted by molar-refractivity contribution is 7.89. The molecule has 2 aromatic heterocycles. The Morgan fingerprint density at radius 3 is 2.27 bits per heavy atom. The molecule has 0 fully saturated rings. The normalized spacial score (nSPS) is 11.3. The SMILES string of the molecule is O=S(=O)(NCCOc1ccc(-c2ccco2)nn1)c1ccc(-c2ccccc2)cc1. The van der Waals surface area contributed by atoms with Gasteiger partial charge in [-0.2, -0.15) is 0 Å². The molecule has 30 heavy (non-hydrogen) atoms. The minimum atomic E-state index is -3.63. The molecule has 2 aromatic carbocycles. The molecular formula is C22H19N3O4S. The van der Waals surface area contributed by atoms with Crippen LogP contribution in [0.15, 0.2) is 94.4 Å². The molecule has 0 radical (unpaired) electrons. The number of aromatic nitrogens is 2. The summed E-state index contributed by atoms with van der Waals surface area (Å²) in [6.07, 6.45) is 1.56. The van der Waals surface area contributed by atoms with Crippen molar-refractivity contribution in [1.82, 2.24) is 14.9 Å². The van der Waals surface area contributed by atoms with Crippen LogP contribution >= 0.6 is 0 Å². The fraction of sp³-hybridized carbons (Fsp3) is 0.0909. The van der Waals surface area contributed by atoms with E-state index in [1.54, 1.807) is 54.8 Å². The van der Waals surface area contributed by atoms with E-state index >= 15 is 0 Å². The average Bonchev–Trinajstić information content (AvgIpc) is 3.33. The number of nitrogens with zero attached hydrogens (tertiary/aromatic N) is 2. The van der Waals surface area contributed by atoms with E-state index in [1.165, 1.54) is 0 Å². The highest BCUT2D eigenvalue weighted by atomic mass is 32.2. The first-order valence-corrected chi connectivity index (χ1v) is 10.8. The molecule has 152 valence electrons. The summed E-state index contributed by atoms with van der Waals surface area (Å²) in [6, 6.07) is 23.4. The van der Waals surface area contributed by atoms with Crippen molar-refractivity contribution in [2.75, 3.05) is 13.2 Å². The minimum absolute atomic E-state index is 0.102. The number of hydrogen-bond donors (Lipinski definition) is 1. The largest absolute Gasteiger partial charge is 0.475 e. The third-order valence-corrected chi connectivity index (χ3v) is 5.81. The Hall–Kier alpha value is -3.49. The molecule has 0 amide bonds. The lowest BCUT2D eigenvalue weighted by Crippen LogP contribution is -2.28. The molecule has 0 aliphatic heterocycles. The van der Waals surface area contributed by atoms with Crippen molar-refractivity contribution in [1.29, 1.82) is 0 Å². The van der Waals surface area contributed by atoms with Crippen molar-refractivity contribution in [3.63, 3.8) is 0 Å². The molecule has 4 aromatic rings. The van der Waals surface area contributed by atoms with E-state index in [1.807, 2.05) is 30.3 Å². The second-order valence-electron chi connectivity index (χ2n) is 6.37. The van der Waals surface area contributed by atoms with Crippen LogP contribution in [0.4, 0.5) is 0 Å². The van der Waals surface area contributed by atoms with Gasteiger partial charge in [-0.25, -0.2) is 13.1 Å². The maximum absolute atomic E-state index is 12.5. The Morgan fingerprint density at radius 2 is 1.60 bits per heavy atom. The van der Waals surface area contributed by atoms with Gasteiger partial charge >= 0.3 is 0 Å². The molecule has 8 heteroatoms. The number of sulfonamides is 1. The van der Waals surface area contributed by atoms with Gasteiger partial charge in [0.25, 0.3) is 0 Å². The summed E-state index contributed by atoms with van der Waals surface area (Å²) >= 11 is 0. The predicted octanol–water partition coefficient (Wildman–Crippen LogP) is 3.76. The fourth-order valence-corrected chi connectivity index (χ4v) is 3.84. The van der Waals surface area contributed by atoms with Gasteiger partial charge < -0.3 is 9.15 Å². The number of ether oxygens (including phenoxy) is 1. The van der Waals surface area contributed by atoms with Crippen LogP contribution in [-0.2, 0) is 10.0 Å². The van der Waals surface area contributed by atoms with E-state index in [0.29, 0.717) is 17.3 Å². The first-order valence-electron chi connectivity index (χ1n) is 9.27. The molecule has 0 unspecified atom stereocenters. The number of furan rings is 1. The van der Waals surface area contributed by atoms with E-state index in [2.05, 4.69) is 14.9 Å². The first-order chi connectivity index (χ1) is 14.6. The van der Waals surface area contributed by atoms with E-state index in [-0.39, 0.29) is 18.0 Å². The molecule has 0 bridgehead atoms. The Kier molecular flexibility index (Phi) is 5.87. The zero-order chi connectivity index (χ0) is 20.8. The summed E-state index contributed by atoms with van der Waals surface area (Å²) in [4.78, 5) is 0.199. The first kappa shape index (κ1) is 19.8. The van der Waals surface area contributed by atoms with Crippen LogP contribution in [0.1, 0.15) is 0 Å². The van der Waals surface area contributed by atoms with Gasteiger partial charge in [0.05, 0.1) is 11.2 Å². The third-order valence-electron chi connectivity index (χ3n) is 4.33. The highest BCUT2D eigenvalue weighted by Crippen LogP contribution is 2.21. The van der Waals surface area contributed by atoms with Crippen LogP contribution in [0.2, 0.25) is 0 Å². The molecule has 0 saturated carbocycles. The van der Waals surface area contributed by atoms with Gasteiger partial charge in [-0.3, -0.25) is 0 Å². The van der Waals surface area contributed by atoms with Crippen molar-refractivity contribution in [3.8, 4) is 28.5 Å². The lowest BCUT2D eigenvalue weighted by atomic mass is 10.1. The van der Waals surface area contributed by atoms with E-state index in [4.69, 9.17) is 9.15 Å². The lowest BCUT2D eigenvalue weighted by Gasteiger charge is -2.09. The molecule has 2 heterocycles. The maximum Gasteiger partial charge on any atom is 0.240 e. The van der Waals surface area contributed by atoms with Crippen molar-refractivity contribution < 1.29 is 17.6 Å². The van der Waals surface area contributed by atoms with Crippen LogP contribution in [0.25, 0.3) is 22.6 Å². The van der Waals surface area contributed by atoms with Gasteiger partial charge in [0.15, 0.2) is 5.76 Å². The number of rotatable bonds is 8. The van der Waals surface area contributed by atoms with Crippen LogP contribution < -0.4 is 9.46 Å². The zero-order valence-electron chi connectivity index (χ0n) is 15.9. The van der Waals surface area contributed by atoms with E-state index in [9.17, 15) is 8.42 Å². The molecule has 0 aliphatic rings. The Morgan fingerprint density at radius 1 is 0.833 bits per heavy atom. The Bertz CT molecular complexity index is 1180. The number of benzene rings is 2. The van der Waals surface area contributed by atoms with Crippen molar-refractivity contribution in [2.45, 2.75) is 4.90 Å². The second kappa shape index (κ2) is 8.89. The minimum Gasteiger partial charge on any atom is -0.475 e. The van der Waals surface area contributed by atoms with Crippen molar-refractivity contribution in [3.05, 3.63) is 85.1 Å². The van der Waals surface area contributed by atoms with Crippen LogP contribution in [0.5, 0.6) is 5.88 Å². The quantitative estimate of drug-likeness (QED) is 0.435. The van der Waals surface area contributed by atoms with Crippen LogP contribution in [0, 0.1) is 0 Å². The third kappa shape index (κ3) is 4.73. The topological polar surface area (TPSA) is 94.3 Å². The summed E-state index contributed by atoms with van der Waals surface area (Å²) < 4.78 is 38.2. The summed E-state index contributed by atoms with van der Waals surface area (Å²) in [5.74, 6) is 0.914. The maximum atomic E-state index is 12.5. The van der Waals surface area contributed by atoms with Gasteiger partial charge in [0.2, 0.25) is 15.9 Å². The fourth-order valence-electron chi connectivity index (χ4n) is 2.82. The molecule has 7 nitrogen and oxygen atoms in total. The standard InChI is InChI=1S/C22H19N3O4S/c26-30(27,19-10-8-18(9-11-19)17-5-2-1-3-6-17)23-14-16-29-22-13-12-20(24-25-22)21-7-4-15-28-21/h1-13,15,23H,14,16H2. The Balaban J connectivity index is 1.30. The molecule has 0 spiro atoms. The van der Waals surface area contributed by atoms with Crippen LogP contribution in [-0.4, -0.2) is 31.8 Å². The van der Waals surface area contributed by atoms with E-state index in [0.717, 1.165) is 11.1 Å². The second-order valence-corrected chi connectivity index (χ2v) is 8.14. The molecular weight excluding hydrogens is 402 g/mol. The highest BCUT2D eigenvalue weighted by Gasteiger charge is 2.13. The van der Waals surface area contributed by atoms with Gasteiger partial charge in [-0.05, 0) is 41.5 Å². The monoisotopic (exact) mass is 421 g/mol. The van der Waals surface area contributed by atoms with Gasteiger partial charge in [0.1, 0.15) is 12.3 Å². The van der Waals surface area contributed by atoms with E-state index < -0.39 is 10.0 Å². The van der Waals surface area contributed by atoms with Crippen molar-refractivity contribution in [2.24, 2.45) is 0 Å². The summed E-state index contributed by atoms with van der Waals surface area (Å²) in [5.41, 5.74) is 2.57. The van der Waals surface area contributed by atoms with Crippen LogP contribution in [0.3, 0.4) is 0 Å².